The fourth-order valence-electron chi connectivity index (χ4n) is 3.90. The van der Waals surface area contributed by atoms with E-state index in [4.69, 9.17) is 9.84 Å². The number of fused-ring (bicyclic) bond motifs is 3. The summed E-state index contributed by atoms with van der Waals surface area (Å²) in [5.74, 6) is 1.03. The lowest BCUT2D eigenvalue weighted by molar-refractivity contribution is -0.131. The maximum atomic E-state index is 12.3. The Morgan fingerprint density at radius 2 is 2.12 bits per heavy atom. The molecular formula is C20H19IN2O2. The van der Waals surface area contributed by atoms with E-state index in [1.807, 2.05) is 12.1 Å². The summed E-state index contributed by atoms with van der Waals surface area (Å²) in [5, 5.41) is 6.42. The SMILES string of the molecule is COc1ccc2c(c1)C1=NN(C(C)=O)[C@@H](c3cccc(I)c3)[C@@H]1CC2. The third-order valence-corrected chi connectivity index (χ3v) is 5.71. The van der Waals surface area contributed by atoms with Gasteiger partial charge in [0.05, 0.1) is 18.9 Å². The number of hydrazone groups is 1. The van der Waals surface area contributed by atoms with Crippen molar-refractivity contribution < 1.29 is 9.53 Å². The van der Waals surface area contributed by atoms with Gasteiger partial charge in [0.15, 0.2) is 0 Å². The highest BCUT2D eigenvalue weighted by atomic mass is 127. The van der Waals surface area contributed by atoms with Crippen LogP contribution < -0.4 is 4.74 Å². The number of methoxy groups -OCH3 is 1. The molecule has 0 saturated carbocycles. The third kappa shape index (κ3) is 2.84. The van der Waals surface area contributed by atoms with Crippen molar-refractivity contribution in [2.75, 3.05) is 7.11 Å². The Kier molecular flexibility index (Phi) is 4.27. The highest BCUT2D eigenvalue weighted by Crippen LogP contribution is 2.44. The first-order chi connectivity index (χ1) is 12.1. The standard InChI is InChI=1S/C20H19IN2O2/c1-12(24)23-20(14-4-3-5-15(21)10-14)17-9-7-13-6-8-16(25-2)11-18(13)19(17)22-23/h3-6,8,10-11,17,20H,7,9H2,1-2H3/t17-,20+/m1/s1. The molecule has 1 amide bonds. The van der Waals surface area contributed by atoms with Crippen molar-refractivity contribution in [1.82, 2.24) is 5.01 Å². The van der Waals surface area contributed by atoms with Crippen LogP contribution in [0.25, 0.3) is 0 Å². The lowest BCUT2D eigenvalue weighted by Gasteiger charge is -2.29. The van der Waals surface area contributed by atoms with Crippen LogP contribution in [0.4, 0.5) is 0 Å². The molecule has 2 aromatic carbocycles. The van der Waals surface area contributed by atoms with Gasteiger partial charge in [0.1, 0.15) is 5.75 Å². The van der Waals surface area contributed by atoms with Crippen molar-refractivity contribution in [2.24, 2.45) is 11.0 Å². The second-order valence-electron chi connectivity index (χ2n) is 6.52. The molecule has 4 rings (SSSR count). The molecule has 0 radical (unpaired) electrons. The van der Waals surface area contributed by atoms with Crippen molar-refractivity contribution in [3.63, 3.8) is 0 Å². The van der Waals surface area contributed by atoms with Gasteiger partial charge in [-0.05, 0) is 70.8 Å². The van der Waals surface area contributed by atoms with Gasteiger partial charge in [-0.1, -0.05) is 18.2 Å². The zero-order valence-electron chi connectivity index (χ0n) is 14.2. The van der Waals surface area contributed by atoms with Crippen molar-refractivity contribution >= 4 is 34.2 Å². The zero-order valence-corrected chi connectivity index (χ0v) is 16.4. The lowest BCUT2D eigenvalue weighted by Crippen LogP contribution is -2.31. The maximum absolute atomic E-state index is 12.3. The van der Waals surface area contributed by atoms with Gasteiger partial charge in [-0.3, -0.25) is 4.79 Å². The normalized spacial score (nSPS) is 21.4. The largest absolute Gasteiger partial charge is 0.497 e. The average molecular weight is 446 g/mol. The number of halogens is 1. The summed E-state index contributed by atoms with van der Waals surface area (Å²) in [5.41, 5.74) is 4.56. The average Bonchev–Trinajstić information content (AvgIpc) is 3.01. The Hall–Kier alpha value is -1.89. The molecule has 2 aliphatic rings. The van der Waals surface area contributed by atoms with Gasteiger partial charge >= 0.3 is 0 Å². The maximum Gasteiger partial charge on any atom is 0.240 e. The smallest absolute Gasteiger partial charge is 0.240 e. The number of rotatable bonds is 2. The molecule has 0 unspecified atom stereocenters. The van der Waals surface area contributed by atoms with Crippen LogP contribution in [-0.4, -0.2) is 23.7 Å². The summed E-state index contributed by atoms with van der Waals surface area (Å²) < 4.78 is 6.56. The number of aryl methyl sites for hydroxylation is 1. The molecule has 0 N–H and O–H groups in total. The Morgan fingerprint density at radius 1 is 1.28 bits per heavy atom. The van der Waals surface area contributed by atoms with Gasteiger partial charge in [-0.15, -0.1) is 0 Å². The molecule has 0 saturated heterocycles. The van der Waals surface area contributed by atoms with Crippen molar-refractivity contribution in [3.8, 4) is 5.75 Å². The Morgan fingerprint density at radius 3 is 2.84 bits per heavy atom. The van der Waals surface area contributed by atoms with Crippen molar-refractivity contribution in [3.05, 3.63) is 62.7 Å². The minimum Gasteiger partial charge on any atom is -0.497 e. The first-order valence-electron chi connectivity index (χ1n) is 8.39. The first kappa shape index (κ1) is 16.6. The molecule has 1 aliphatic heterocycles. The summed E-state index contributed by atoms with van der Waals surface area (Å²) in [7, 11) is 1.68. The summed E-state index contributed by atoms with van der Waals surface area (Å²) in [6.07, 6.45) is 1.99. The molecule has 25 heavy (non-hydrogen) atoms. The van der Waals surface area contributed by atoms with Crippen molar-refractivity contribution in [2.45, 2.75) is 25.8 Å². The number of hydrogen-bond donors (Lipinski definition) is 0. The second-order valence-corrected chi connectivity index (χ2v) is 7.76. The molecule has 2 atom stereocenters. The molecule has 2 aromatic rings. The van der Waals surface area contributed by atoms with Crippen LogP contribution in [0.1, 0.15) is 36.1 Å². The van der Waals surface area contributed by atoms with Gasteiger partial charge in [-0.25, -0.2) is 5.01 Å². The monoisotopic (exact) mass is 446 g/mol. The molecule has 128 valence electrons. The van der Waals surface area contributed by atoms with Gasteiger partial charge in [0, 0.05) is 22.0 Å². The number of amides is 1. The molecule has 0 spiro atoms. The molecule has 0 aromatic heterocycles. The van der Waals surface area contributed by atoms with Crippen LogP contribution in [0.5, 0.6) is 5.75 Å². The van der Waals surface area contributed by atoms with Crippen LogP contribution >= 0.6 is 22.6 Å². The van der Waals surface area contributed by atoms with Gasteiger partial charge < -0.3 is 4.74 Å². The second kappa shape index (κ2) is 6.44. The quantitative estimate of drug-likeness (QED) is 0.650. The summed E-state index contributed by atoms with van der Waals surface area (Å²) in [6, 6.07) is 14.5. The van der Waals surface area contributed by atoms with E-state index in [0.717, 1.165) is 35.4 Å². The minimum atomic E-state index is -0.0263. The predicted octanol–water partition coefficient (Wildman–Crippen LogP) is 4.17. The van der Waals surface area contributed by atoms with E-state index in [-0.39, 0.29) is 17.9 Å². The number of hydrogen-bond acceptors (Lipinski definition) is 3. The first-order valence-corrected chi connectivity index (χ1v) is 9.47. The number of nitrogens with zero attached hydrogens (tertiary/aromatic N) is 2. The van der Waals surface area contributed by atoms with Gasteiger partial charge in [0.25, 0.3) is 0 Å². The van der Waals surface area contributed by atoms with Crippen LogP contribution in [-0.2, 0) is 11.2 Å². The van der Waals surface area contributed by atoms with Crippen LogP contribution in [0, 0.1) is 9.49 Å². The highest BCUT2D eigenvalue weighted by molar-refractivity contribution is 14.1. The number of carbonyl (C=O) groups excluding carboxylic acids is 1. The van der Waals surface area contributed by atoms with E-state index in [9.17, 15) is 4.79 Å². The van der Waals surface area contributed by atoms with Crippen LogP contribution in [0.15, 0.2) is 47.6 Å². The molecule has 1 heterocycles. The fraction of sp³-hybridized carbons (Fsp3) is 0.300. The number of carbonyl (C=O) groups is 1. The van der Waals surface area contributed by atoms with E-state index in [2.05, 4.69) is 52.9 Å². The fourth-order valence-corrected chi connectivity index (χ4v) is 4.47. The van der Waals surface area contributed by atoms with Crippen molar-refractivity contribution in [1.29, 1.82) is 0 Å². The highest BCUT2D eigenvalue weighted by Gasteiger charge is 2.43. The number of benzene rings is 2. The van der Waals surface area contributed by atoms with E-state index >= 15 is 0 Å². The van der Waals surface area contributed by atoms with E-state index in [0.29, 0.717) is 0 Å². The Labute approximate surface area is 161 Å². The third-order valence-electron chi connectivity index (χ3n) is 5.04. The topological polar surface area (TPSA) is 41.9 Å². The Balaban J connectivity index is 1.82. The van der Waals surface area contributed by atoms with E-state index in [1.165, 1.54) is 9.13 Å². The zero-order chi connectivity index (χ0) is 17.6. The molecule has 1 aliphatic carbocycles. The van der Waals surface area contributed by atoms with Crippen LogP contribution in [0.2, 0.25) is 0 Å². The molecule has 5 heteroatoms. The minimum absolute atomic E-state index is 0.0183. The van der Waals surface area contributed by atoms with Crippen LogP contribution in [0.3, 0.4) is 0 Å². The van der Waals surface area contributed by atoms with Gasteiger partial charge in [-0.2, -0.15) is 5.10 Å². The summed E-state index contributed by atoms with van der Waals surface area (Å²) in [4.78, 5) is 12.3. The lowest BCUT2D eigenvalue weighted by atomic mass is 9.77. The Bertz CT molecular complexity index is 878. The molecule has 0 fully saturated rings. The number of ether oxygens (including phenoxy) is 1. The molecule has 0 bridgehead atoms. The summed E-state index contributed by atoms with van der Waals surface area (Å²) >= 11 is 2.32. The molecular weight excluding hydrogens is 427 g/mol. The predicted molar refractivity (Wildman–Crippen MR) is 106 cm³/mol. The molecule has 4 nitrogen and oxygen atoms in total. The van der Waals surface area contributed by atoms with E-state index < -0.39 is 0 Å². The van der Waals surface area contributed by atoms with Gasteiger partial charge in [0.2, 0.25) is 5.91 Å². The summed E-state index contributed by atoms with van der Waals surface area (Å²) in [6.45, 7) is 1.59. The van der Waals surface area contributed by atoms with E-state index in [1.54, 1.807) is 19.0 Å².